The van der Waals surface area contributed by atoms with Crippen molar-refractivity contribution in [2.24, 2.45) is 21.8 Å². The van der Waals surface area contributed by atoms with Crippen molar-refractivity contribution in [1.29, 1.82) is 0 Å². The molecule has 0 saturated heterocycles. The van der Waals surface area contributed by atoms with Gasteiger partial charge in [0.2, 0.25) is 0 Å². The highest BCUT2D eigenvalue weighted by atomic mass is 15.1. The van der Waals surface area contributed by atoms with Crippen LogP contribution in [0.5, 0.6) is 0 Å². The minimum absolute atomic E-state index is 0.0250. The number of nitrogens with one attached hydrogen (secondary N) is 1. The Kier molecular flexibility index (Phi) is 7.99. The van der Waals surface area contributed by atoms with Gasteiger partial charge in [0.15, 0.2) is 0 Å². The van der Waals surface area contributed by atoms with Crippen molar-refractivity contribution in [2.75, 3.05) is 0 Å². The Morgan fingerprint density at radius 3 is 1.87 bits per heavy atom. The first-order chi connectivity index (χ1) is 26.7. The summed E-state index contributed by atoms with van der Waals surface area (Å²) in [6.07, 6.45) is 18.6. The van der Waals surface area contributed by atoms with E-state index < -0.39 is 0 Å². The van der Waals surface area contributed by atoms with Crippen molar-refractivity contribution in [1.82, 2.24) is 5.32 Å². The van der Waals surface area contributed by atoms with E-state index in [2.05, 4.69) is 194 Å². The van der Waals surface area contributed by atoms with Crippen LogP contribution in [0, 0.1) is 11.8 Å². The van der Waals surface area contributed by atoms with Crippen molar-refractivity contribution in [2.45, 2.75) is 19.4 Å². The zero-order chi connectivity index (χ0) is 36.0. The van der Waals surface area contributed by atoms with Crippen LogP contribution in [0.2, 0.25) is 0 Å². The lowest BCUT2D eigenvalue weighted by Gasteiger charge is -2.33. The van der Waals surface area contributed by atoms with E-state index in [1.807, 2.05) is 0 Å². The summed E-state index contributed by atoms with van der Waals surface area (Å²) >= 11 is 0. The molecule has 3 nitrogen and oxygen atoms in total. The third-order valence-corrected chi connectivity index (χ3v) is 11.4. The number of allylic oxidation sites excluding steroid dienone is 7. The minimum Gasteiger partial charge on any atom is -0.359 e. The van der Waals surface area contributed by atoms with Gasteiger partial charge in [-0.2, -0.15) is 0 Å². The first-order valence-electron chi connectivity index (χ1n) is 19.0. The summed E-state index contributed by atoms with van der Waals surface area (Å²) in [5.41, 5.74) is 12.6. The molecule has 0 spiro atoms. The molecule has 6 aromatic rings. The first-order valence-corrected chi connectivity index (χ1v) is 19.0. The van der Waals surface area contributed by atoms with Crippen LogP contribution >= 0.6 is 0 Å². The van der Waals surface area contributed by atoms with Crippen LogP contribution in [0.3, 0.4) is 0 Å². The second kappa shape index (κ2) is 13.4. The number of hydrogen-bond donors (Lipinski definition) is 1. The molecule has 0 fully saturated rings. The first kappa shape index (κ1) is 32.1. The number of rotatable bonds is 6. The Morgan fingerprint density at radius 2 is 1.11 bits per heavy atom. The fourth-order valence-electron chi connectivity index (χ4n) is 8.66. The van der Waals surface area contributed by atoms with Gasteiger partial charge in [0, 0.05) is 34.1 Å². The Balaban J connectivity index is 1.05. The van der Waals surface area contributed by atoms with Crippen LogP contribution in [0.25, 0.3) is 44.1 Å². The number of nitrogens with zero attached hydrogens (tertiary/aromatic N) is 2. The normalized spacial score (nSPS) is 20.1. The number of benzene rings is 6. The van der Waals surface area contributed by atoms with E-state index in [9.17, 15) is 0 Å². The van der Waals surface area contributed by atoms with Crippen LogP contribution < -0.4 is 5.32 Å². The molecule has 6 aromatic carbocycles. The van der Waals surface area contributed by atoms with Crippen LogP contribution in [-0.4, -0.2) is 17.6 Å². The average Bonchev–Trinajstić information content (AvgIpc) is 3.25. The standard InChI is InChI=1S/C51H39N3/c1-2-39-41-18-10-11-21-44(41)49(53-48(39)35-26-24-34(25-27-35)33-14-4-3-5-15-33)36-28-30-37(31-29-36)50-45-22-12-13-23-47(45)52-51(54-50)46-32-38-16-6-7-17-40(38)42-19-8-9-20-43(42)46/h3-32,39,41,47H,2H2,1H3,(H,52,54). The molecule has 0 bridgehead atoms. The molecule has 0 saturated carbocycles. The summed E-state index contributed by atoms with van der Waals surface area (Å²) in [5.74, 6) is 1.46. The number of amidine groups is 1. The molecule has 0 aromatic heterocycles. The van der Waals surface area contributed by atoms with E-state index >= 15 is 0 Å². The van der Waals surface area contributed by atoms with Crippen molar-refractivity contribution >= 4 is 44.5 Å². The summed E-state index contributed by atoms with van der Waals surface area (Å²) in [5, 5.41) is 8.67. The highest BCUT2D eigenvalue weighted by molar-refractivity contribution is 6.20. The SMILES string of the molecule is CCC1C(c2ccc(-c3ccccc3)cc2)=NC(c2ccc(C3=C4C=CC=CC4NC(c4cc5ccccc5c5ccccc45)=N3)cc2)=C2C=CC=CC21. The van der Waals surface area contributed by atoms with Crippen LogP contribution in [0.4, 0.5) is 0 Å². The molecule has 2 aliphatic heterocycles. The van der Waals surface area contributed by atoms with E-state index in [1.54, 1.807) is 0 Å². The maximum Gasteiger partial charge on any atom is 0.135 e. The summed E-state index contributed by atoms with van der Waals surface area (Å²) in [6, 6.07) is 48.1. The monoisotopic (exact) mass is 693 g/mol. The topological polar surface area (TPSA) is 36.8 Å². The number of hydrogen-bond acceptors (Lipinski definition) is 3. The fraction of sp³-hybridized carbons (Fsp3) is 0.0980. The van der Waals surface area contributed by atoms with E-state index in [0.717, 1.165) is 46.1 Å². The average molecular weight is 694 g/mol. The molecule has 4 aliphatic rings. The molecule has 0 radical (unpaired) electrons. The fourth-order valence-corrected chi connectivity index (χ4v) is 8.66. The molecule has 3 unspecified atom stereocenters. The Hall–Kier alpha value is -6.58. The van der Waals surface area contributed by atoms with E-state index in [0.29, 0.717) is 5.92 Å². The molecule has 258 valence electrons. The number of fused-ring (bicyclic) bond motifs is 5. The van der Waals surface area contributed by atoms with Gasteiger partial charge in [0.05, 0.1) is 23.1 Å². The Bertz CT molecular complexity index is 2700. The third kappa shape index (κ3) is 5.52. The molecule has 1 N–H and O–H groups in total. The van der Waals surface area contributed by atoms with E-state index in [1.165, 1.54) is 49.4 Å². The van der Waals surface area contributed by atoms with E-state index in [-0.39, 0.29) is 12.0 Å². The van der Waals surface area contributed by atoms with Crippen LogP contribution in [0.1, 0.15) is 35.6 Å². The summed E-state index contributed by atoms with van der Waals surface area (Å²) < 4.78 is 0. The summed E-state index contributed by atoms with van der Waals surface area (Å²) in [6.45, 7) is 2.29. The lowest BCUT2D eigenvalue weighted by Crippen LogP contribution is -2.39. The second-order valence-corrected chi connectivity index (χ2v) is 14.4. The van der Waals surface area contributed by atoms with Gasteiger partial charge in [-0.1, -0.05) is 183 Å². The van der Waals surface area contributed by atoms with Gasteiger partial charge in [0.1, 0.15) is 5.84 Å². The number of aliphatic imine (C=N–C) groups is 2. The molecular weight excluding hydrogens is 655 g/mol. The highest BCUT2D eigenvalue weighted by Gasteiger charge is 2.33. The molecule has 0 amide bonds. The van der Waals surface area contributed by atoms with Crippen molar-refractivity contribution < 1.29 is 0 Å². The predicted molar refractivity (Wildman–Crippen MR) is 227 cm³/mol. The van der Waals surface area contributed by atoms with Gasteiger partial charge in [-0.3, -0.25) is 4.99 Å². The molecule has 2 heterocycles. The summed E-state index contributed by atoms with van der Waals surface area (Å²) in [4.78, 5) is 10.9. The lowest BCUT2D eigenvalue weighted by molar-refractivity contribution is 0.549. The molecule has 54 heavy (non-hydrogen) atoms. The predicted octanol–water partition coefficient (Wildman–Crippen LogP) is 11.9. The largest absolute Gasteiger partial charge is 0.359 e. The van der Waals surface area contributed by atoms with Crippen molar-refractivity contribution in [3.05, 3.63) is 215 Å². The minimum atomic E-state index is 0.0250. The van der Waals surface area contributed by atoms with E-state index in [4.69, 9.17) is 9.98 Å². The molecule has 3 heteroatoms. The van der Waals surface area contributed by atoms with Gasteiger partial charge < -0.3 is 5.32 Å². The van der Waals surface area contributed by atoms with Gasteiger partial charge in [0.25, 0.3) is 0 Å². The zero-order valence-electron chi connectivity index (χ0n) is 30.2. The third-order valence-electron chi connectivity index (χ3n) is 11.4. The summed E-state index contributed by atoms with van der Waals surface area (Å²) in [7, 11) is 0. The maximum atomic E-state index is 5.52. The smallest absolute Gasteiger partial charge is 0.135 e. The molecule has 3 atom stereocenters. The van der Waals surface area contributed by atoms with Gasteiger partial charge >= 0.3 is 0 Å². The van der Waals surface area contributed by atoms with Gasteiger partial charge in [-0.05, 0) is 56.3 Å². The Labute approximate surface area is 316 Å². The molecular formula is C51H39N3. The second-order valence-electron chi connectivity index (χ2n) is 14.4. The van der Waals surface area contributed by atoms with Crippen molar-refractivity contribution in [3.63, 3.8) is 0 Å². The highest BCUT2D eigenvalue weighted by Crippen LogP contribution is 2.42. The molecule has 2 aliphatic carbocycles. The van der Waals surface area contributed by atoms with Crippen LogP contribution in [0.15, 0.2) is 203 Å². The Morgan fingerprint density at radius 1 is 0.519 bits per heavy atom. The molecule has 10 rings (SSSR count). The lowest BCUT2D eigenvalue weighted by atomic mass is 9.74. The van der Waals surface area contributed by atoms with Crippen molar-refractivity contribution in [3.8, 4) is 11.1 Å². The zero-order valence-corrected chi connectivity index (χ0v) is 30.2. The quantitative estimate of drug-likeness (QED) is 0.173. The van der Waals surface area contributed by atoms with Gasteiger partial charge in [-0.25, -0.2) is 4.99 Å². The maximum absolute atomic E-state index is 5.52. The van der Waals surface area contributed by atoms with Crippen LogP contribution in [-0.2, 0) is 0 Å². The van der Waals surface area contributed by atoms with Gasteiger partial charge in [-0.15, -0.1) is 0 Å².